The van der Waals surface area contributed by atoms with Crippen LogP contribution in [0.4, 0.5) is 10.2 Å². The lowest BCUT2D eigenvalue weighted by molar-refractivity contribution is 0.453. The fraction of sp³-hybridized carbons (Fsp3) is 0.286. The first-order valence-electron chi connectivity index (χ1n) is 6.56. The number of nitrogens with one attached hydrogen (secondary N) is 1. The van der Waals surface area contributed by atoms with Gasteiger partial charge in [-0.1, -0.05) is 11.6 Å². The van der Waals surface area contributed by atoms with Gasteiger partial charge in [0.05, 0.1) is 10.6 Å². The maximum absolute atomic E-state index is 13.2. The average molecular weight is 309 g/mol. The summed E-state index contributed by atoms with van der Waals surface area (Å²) in [7, 11) is 0. The minimum Gasteiger partial charge on any atom is -0.438 e. The number of anilines is 1. The lowest BCUT2D eigenvalue weighted by Gasteiger charge is -2.12. The monoisotopic (exact) mass is 308 g/mol. The molecule has 3 N–H and O–H groups in total. The molecule has 1 aliphatic carbocycles. The van der Waals surface area contributed by atoms with Crippen molar-refractivity contribution in [3.05, 3.63) is 40.4 Å². The molecule has 1 heterocycles. The van der Waals surface area contributed by atoms with E-state index in [-0.39, 0.29) is 5.02 Å². The van der Waals surface area contributed by atoms with Gasteiger partial charge in [0.2, 0.25) is 5.88 Å². The van der Waals surface area contributed by atoms with E-state index < -0.39 is 5.82 Å². The van der Waals surface area contributed by atoms with Crippen molar-refractivity contribution in [1.82, 2.24) is 9.97 Å². The molecule has 1 aromatic heterocycles. The zero-order chi connectivity index (χ0) is 15.0. The van der Waals surface area contributed by atoms with Gasteiger partial charge in [0.25, 0.3) is 0 Å². The Labute approximate surface area is 126 Å². The summed E-state index contributed by atoms with van der Waals surface area (Å²) >= 11 is 5.75. The van der Waals surface area contributed by atoms with Crippen molar-refractivity contribution in [3.63, 3.8) is 0 Å². The number of benzene rings is 1. The fourth-order valence-corrected chi connectivity index (χ4v) is 2.10. The fourth-order valence-electron chi connectivity index (χ4n) is 1.93. The largest absolute Gasteiger partial charge is 0.438 e. The van der Waals surface area contributed by atoms with Crippen molar-refractivity contribution in [2.45, 2.75) is 25.7 Å². The van der Waals surface area contributed by atoms with Crippen LogP contribution in [0.25, 0.3) is 0 Å². The molecule has 0 atom stereocenters. The molecule has 1 aromatic carbocycles. The third-order valence-corrected chi connectivity index (χ3v) is 3.59. The molecule has 0 radical (unpaired) electrons. The summed E-state index contributed by atoms with van der Waals surface area (Å²) in [4.78, 5) is 8.80. The number of hydrazine groups is 1. The van der Waals surface area contributed by atoms with E-state index in [1.165, 1.54) is 18.2 Å². The van der Waals surface area contributed by atoms with Gasteiger partial charge in [-0.25, -0.2) is 15.2 Å². The number of nitrogen functional groups attached to an aromatic ring is 1. The van der Waals surface area contributed by atoms with E-state index in [4.69, 9.17) is 22.2 Å². The third-order valence-electron chi connectivity index (χ3n) is 3.30. The Kier molecular flexibility index (Phi) is 3.65. The lowest BCUT2D eigenvalue weighted by atomic mass is 10.3. The number of nitrogens with two attached hydrogens (primary N) is 1. The van der Waals surface area contributed by atoms with Gasteiger partial charge in [-0.05, 0) is 31.9 Å². The summed E-state index contributed by atoms with van der Waals surface area (Å²) in [5, 5.41) is -0.00111. The number of ether oxygens (including phenoxy) is 1. The summed E-state index contributed by atoms with van der Waals surface area (Å²) in [6, 6.07) is 4.15. The number of hydrogen-bond donors (Lipinski definition) is 2. The third kappa shape index (κ3) is 2.91. The van der Waals surface area contributed by atoms with E-state index >= 15 is 0 Å². The molecule has 1 saturated carbocycles. The first-order valence-corrected chi connectivity index (χ1v) is 6.94. The summed E-state index contributed by atoms with van der Waals surface area (Å²) in [5.74, 6) is 7.37. The molecule has 7 heteroatoms. The van der Waals surface area contributed by atoms with Crippen molar-refractivity contribution in [2.24, 2.45) is 5.84 Å². The molecule has 2 aromatic rings. The molecule has 0 spiro atoms. The van der Waals surface area contributed by atoms with E-state index in [1.54, 1.807) is 6.92 Å². The van der Waals surface area contributed by atoms with Gasteiger partial charge >= 0.3 is 0 Å². The normalized spacial score (nSPS) is 14.1. The quantitative estimate of drug-likeness (QED) is 0.667. The summed E-state index contributed by atoms with van der Waals surface area (Å²) in [6.07, 6.45) is 2.13. The van der Waals surface area contributed by atoms with Crippen LogP contribution in [0.2, 0.25) is 5.02 Å². The van der Waals surface area contributed by atoms with Gasteiger partial charge in [0.1, 0.15) is 17.4 Å². The van der Waals surface area contributed by atoms with E-state index in [2.05, 4.69) is 15.4 Å². The molecule has 0 aliphatic heterocycles. The van der Waals surface area contributed by atoms with Crippen LogP contribution in [0.15, 0.2) is 18.2 Å². The first kappa shape index (κ1) is 14.0. The Bertz CT molecular complexity index is 691. The second-order valence-corrected chi connectivity index (χ2v) is 5.36. The van der Waals surface area contributed by atoms with Crippen LogP contribution in [0.5, 0.6) is 11.6 Å². The zero-order valence-electron chi connectivity index (χ0n) is 11.4. The number of aromatic nitrogens is 2. The number of hydrogen-bond acceptors (Lipinski definition) is 5. The van der Waals surface area contributed by atoms with Crippen molar-refractivity contribution in [1.29, 1.82) is 0 Å². The first-order chi connectivity index (χ1) is 10.1. The lowest BCUT2D eigenvalue weighted by Crippen LogP contribution is -2.13. The number of rotatable bonds is 4. The highest BCUT2D eigenvalue weighted by Gasteiger charge is 2.28. The molecule has 3 rings (SSSR count). The van der Waals surface area contributed by atoms with Gasteiger partial charge < -0.3 is 10.2 Å². The number of nitrogens with zero attached hydrogens (tertiary/aromatic N) is 2. The molecule has 0 saturated heterocycles. The van der Waals surface area contributed by atoms with Crippen LogP contribution >= 0.6 is 11.6 Å². The van der Waals surface area contributed by atoms with Crippen molar-refractivity contribution in [3.8, 4) is 11.6 Å². The second-order valence-electron chi connectivity index (χ2n) is 4.96. The summed E-state index contributed by atoms with van der Waals surface area (Å²) in [5.41, 5.74) is 3.23. The average Bonchev–Trinajstić information content (AvgIpc) is 3.29. The molecule has 5 nitrogen and oxygen atoms in total. The standard InChI is InChI=1S/C14H14ClFN4O/c1-7-12(20-17)18-13(8-2-3-8)19-14(7)21-9-4-5-11(16)10(15)6-9/h4-6,8H,2-3,17H2,1H3,(H,18,19,20). The maximum Gasteiger partial charge on any atom is 0.227 e. The van der Waals surface area contributed by atoms with E-state index in [1.807, 2.05) is 0 Å². The van der Waals surface area contributed by atoms with Gasteiger partial charge in [-0.3, -0.25) is 0 Å². The maximum atomic E-state index is 13.2. The van der Waals surface area contributed by atoms with Crippen LogP contribution in [0, 0.1) is 12.7 Å². The van der Waals surface area contributed by atoms with E-state index in [0.29, 0.717) is 34.8 Å². The topological polar surface area (TPSA) is 73.1 Å². The molecule has 110 valence electrons. The molecule has 1 aliphatic rings. The van der Waals surface area contributed by atoms with Gasteiger partial charge in [-0.2, -0.15) is 4.98 Å². The molecular weight excluding hydrogens is 295 g/mol. The Hall–Kier alpha value is -1.92. The van der Waals surface area contributed by atoms with Crippen molar-refractivity contribution < 1.29 is 9.13 Å². The summed E-state index contributed by atoms with van der Waals surface area (Å²) in [6.45, 7) is 1.80. The highest BCUT2D eigenvalue weighted by Crippen LogP contribution is 2.40. The van der Waals surface area contributed by atoms with Crippen molar-refractivity contribution in [2.75, 3.05) is 5.43 Å². The van der Waals surface area contributed by atoms with E-state index in [9.17, 15) is 4.39 Å². The smallest absolute Gasteiger partial charge is 0.227 e. The predicted octanol–water partition coefficient (Wildman–Crippen LogP) is 3.53. The minimum absolute atomic E-state index is 0.00111. The SMILES string of the molecule is Cc1c(NN)nc(C2CC2)nc1Oc1ccc(F)c(Cl)c1. The van der Waals surface area contributed by atoms with E-state index in [0.717, 1.165) is 12.8 Å². The van der Waals surface area contributed by atoms with Gasteiger partial charge in [0.15, 0.2) is 5.82 Å². The molecule has 21 heavy (non-hydrogen) atoms. The van der Waals surface area contributed by atoms with Crippen LogP contribution in [-0.2, 0) is 0 Å². The molecule has 0 bridgehead atoms. The Morgan fingerprint density at radius 3 is 2.76 bits per heavy atom. The molecule has 0 unspecified atom stereocenters. The summed E-state index contributed by atoms with van der Waals surface area (Å²) < 4.78 is 18.9. The van der Waals surface area contributed by atoms with Crippen LogP contribution in [0.3, 0.4) is 0 Å². The Morgan fingerprint density at radius 1 is 1.38 bits per heavy atom. The Balaban J connectivity index is 1.96. The second kappa shape index (κ2) is 5.46. The molecule has 1 fully saturated rings. The Morgan fingerprint density at radius 2 is 2.14 bits per heavy atom. The van der Waals surface area contributed by atoms with Gasteiger partial charge in [-0.15, -0.1) is 0 Å². The number of halogens is 2. The van der Waals surface area contributed by atoms with Crippen LogP contribution in [0.1, 0.15) is 30.1 Å². The predicted molar refractivity (Wildman–Crippen MR) is 78.0 cm³/mol. The zero-order valence-corrected chi connectivity index (χ0v) is 12.1. The highest BCUT2D eigenvalue weighted by molar-refractivity contribution is 6.30. The molecule has 0 amide bonds. The van der Waals surface area contributed by atoms with Crippen LogP contribution in [-0.4, -0.2) is 9.97 Å². The highest BCUT2D eigenvalue weighted by atomic mass is 35.5. The molecular formula is C14H14ClFN4O. The van der Waals surface area contributed by atoms with Gasteiger partial charge in [0, 0.05) is 12.0 Å². The minimum atomic E-state index is -0.494. The van der Waals surface area contributed by atoms with Crippen molar-refractivity contribution >= 4 is 17.4 Å². The van der Waals surface area contributed by atoms with Crippen LogP contribution < -0.4 is 16.0 Å².